The molecule has 0 aliphatic carbocycles. The Labute approximate surface area is 115 Å². The lowest BCUT2D eigenvalue weighted by molar-refractivity contribution is -0.129. The van der Waals surface area contributed by atoms with Gasteiger partial charge in [0.1, 0.15) is 0 Å². The van der Waals surface area contributed by atoms with Crippen molar-refractivity contribution in [3.8, 4) is 0 Å². The van der Waals surface area contributed by atoms with Gasteiger partial charge < -0.3 is 10.6 Å². The SMILES string of the molecule is CC(NC(=O)C1CCC(=O)NC1)c1ccc(Cl)s1. The van der Waals surface area contributed by atoms with Crippen LogP contribution in [0.2, 0.25) is 4.34 Å². The molecule has 2 heterocycles. The molecule has 1 saturated heterocycles. The third kappa shape index (κ3) is 3.23. The molecule has 1 fully saturated rings. The van der Waals surface area contributed by atoms with E-state index in [2.05, 4.69) is 10.6 Å². The summed E-state index contributed by atoms with van der Waals surface area (Å²) in [4.78, 5) is 24.1. The van der Waals surface area contributed by atoms with Crippen LogP contribution in [-0.4, -0.2) is 18.4 Å². The molecule has 0 radical (unpaired) electrons. The fraction of sp³-hybridized carbons (Fsp3) is 0.500. The normalized spacial score (nSPS) is 21.2. The molecule has 0 spiro atoms. The van der Waals surface area contributed by atoms with E-state index in [1.807, 2.05) is 19.1 Å². The quantitative estimate of drug-likeness (QED) is 0.894. The van der Waals surface area contributed by atoms with Gasteiger partial charge in [0, 0.05) is 17.8 Å². The number of carbonyl (C=O) groups excluding carboxylic acids is 2. The fourth-order valence-electron chi connectivity index (χ4n) is 1.92. The van der Waals surface area contributed by atoms with E-state index in [4.69, 9.17) is 11.6 Å². The number of carbonyl (C=O) groups is 2. The van der Waals surface area contributed by atoms with E-state index < -0.39 is 0 Å². The van der Waals surface area contributed by atoms with Crippen molar-refractivity contribution in [2.75, 3.05) is 6.54 Å². The molecule has 1 aromatic rings. The van der Waals surface area contributed by atoms with Crippen molar-refractivity contribution >= 4 is 34.8 Å². The first kappa shape index (κ1) is 13.4. The lowest BCUT2D eigenvalue weighted by Gasteiger charge is -2.23. The molecule has 0 saturated carbocycles. The Morgan fingerprint density at radius 1 is 1.61 bits per heavy atom. The lowest BCUT2D eigenvalue weighted by atomic mass is 9.98. The molecule has 2 atom stereocenters. The van der Waals surface area contributed by atoms with Crippen molar-refractivity contribution in [3.63, 3.8) is 0 Å². The molecular formula is C12H15ClN2O2S. The summed E-state index contributed by atoms with van der Waals surface area (Å²) < 4.78 is 0.719. The summed E-state index contributed by atoms with van der Waals surface area (Å²) in [7, 11) is 0. The van der Waals surface area contributed by atoms with Gasteiger partial charge in [0.2, 0.25) is 11.8 Å². The van der Waals surface area contributed by atoms with E-state index in [0.717, 1.165) is 9.21 Å². The van der Waals surface area contributed by atoms with E-state index in [1.165, 1.54) is 11.3 Å². The molecule has 18 heavy (non-hydrogen) atoms. The van der Waals surface area contributed by atoms with Crippen molar-refractivity contribution in [3.05, 3.63) is 21.3 Å². The average molecular weight is 287 g/mol. The Kier molecular flexibility index (Phi) is 4.24. The van der Waals surface area contributed by atoms with Gasteiger partial charge in [-0.1, -0.05) is 11.6 Å². The van der Waals surface area contributed by atoms with Gasteiger partial charge in [-0.25, -0.2) is 0 Å². The van der Waals surface area contributed by atoms with E-state index >= 15 is 0 Å². The first-order valence-electron chi connectivity index (χ1n) is 5.88. The molecule has 6 heteroatoms. The van der Waals surface area contributed by atoms with Crippen LogP contribution in [0.4, 0.5) is 0 Å². The van der Waals surface area contributed by atoms with Gasteiger partial charge in [-0.3, -0.25) is 9.59 Å². The van der Waals surface area contributed by atoms with Gasteiger partial charge in [0.25, 0.3) is 0 Å². The number of piperidine rings is 1. The standard InChI is InChI=1S/C12H15ClN2O2S/c1-7(9-3-4-10(13)18-9)15-12(17)8-2-5-11(16)14-6-8/h3-4,7-8H,2,5-6H2,1H3,(H,14,16)(H,15,17). The Hall–Kier alpha value is -1.07. The largest absolute Gasteiger partial charge is 0.355 e. The number of rotatable bonds is 3. The zero-order chi connectivity index (χ0) is 13.1. The van der Waals surface area contributed by atoms with Crippen molar-refractivity contribution in [2.24, 2.45) is 5.92 Å². The van der Waals surface area contributed by atoms with Gasteiger partial charge >= 0.3 is 0 Å². The van der Waals surface area contributed by atoms with Crippen molar-refractivity contribution in [2.45, 2.75) is 25.8 Å². The van der Waals surface area contributed by atoms with Gasteiger partial charge in [0.15, 0.2) is 0 Å². The Morgan fingerprint density at radius 2 is 2.39 bits per heavy atom. The zero-order valence-corrected chi connectivity index (χ0v) is 11.6. The predicted molar refractivity (Wildman–Crippen MR) is 71.6 cm³/mol. The van der Waals surface area contributed by atoms with Crippen LogP contribution in [-0.2, 0) is 9.59 Å². The van der Waals surface area contributed by atoms with Crippen molar-refractivity contribution < 1.29 is 9.59 Å². The van der Waals surface area contributed by atoms with Crippen LogP contribution in [0.15, 0.2) is 12.1 Å². The first-order chi connectivity index (χ1) is 8.56. The number of halogens is 1. The number of nitrogens with one attached hydrogen (secondary N) is 2. The zero-order valence-electron chi connectivity index (χ0n) is 10.0. The minimum Gasteiger partial charge on any atom is -0.355 e. The van der Waals surface area contributed by atoms with E-state index in [1.54, 1.807) is 0 Å². The van der Waals surface area contributed by atoms with Crippen LogP contribution in [0.1, 0.15) is 30.7 Å². The predicted octanol–water partition coefficient (Wildman–Crippen LogP) is 2.10. The van der Waals surface area contributed by atoms with Gasteiger partial charge in [-0.15, -0.1) is 11.3 Å². The number of hydrogen-bond acceptors (Lipinski definition) is 3. The summed E-state index contributed by atoms with van der Waals surface area (Å²) in [6, 6.07) is 3.69. The third-order valence-corrected chi connectivity index (χ3v) is 4.43. The highest BCUT2D eigenvalue weighted by Gasteiger charge is 2.25. The molecule has 98 valence electrons. The molecule has 2 N–H and O–H groups in total. The molecule has 1 aliphatic rings. The minimum absolute atomic E-state index is 0.00739. The second-order valence-corrected chi connectivity index (χ2v) is 6.16. The molecule has 2 rings (SSSR count). The number of hydrogen-bond donors (Lipinski definition) is 2. The van der Waals surface area contributed by atoms with Crippen LogP contribution in [0.5, 0.6) is 0 Å². The van der Waals surface area contributed by atoms with Gasteiger partial charge in [-0.05, 0) is 25.5 Å². The molecular weight excluding hydrogens is 272 g/mol. The van der Waals surface area contributed by atoms with Crippen LogP contribution < -0.4 is 10.6 Å². The van der Waals surface area contributed by atoms with Crippen LogP contribution in [0, 0.1) is 5.92 Å². The Bertz CT molecular complexity index is 451. The molecule has 2 amide bonds. The summed E-state index contributed by atoms with van der Waals surface area (Å²) in [6.45, 7) is 2.37. The van der Waals surface area contributed by atoms with E-state index in [-0.39, 0.29) is 23.8 Å². The Balaban J connectivity index is 1.89. The summed E-state index contributed by atoms with van der Waals surface area (Å²) in [5.41, 5.74) is 0. The highest BCUT2D eigenvalue weighted by atomic mass is 35.5. The molecule has 1 aliphatic heterocycles. The minimum atomic E-state index is -0.124. The van der Waals surface area contributed by atoms with Gasteiger partial charge in [-0.2, -0.15) is 0 Å². The average Bonchev–Trinajstić information content (AvgIpc) is 2.76. The second-order valence-electron chi connectivity index (χ2n) is 4.41. The maximum absolute atomic E-state index is 12.0. The molecule has 1 aromatic heterocycles. The van der Waals surface area contributed by atoms with Crippen LogP contribution in [0.3, 0.4) is 0 Å². The topological polar surface area (TPSA) is 58.2 Å². The third-order valence-electron chi connectivity index (χ3n) is 3.02. The highest BCUT2D eigenvalue weighted by molar-refractivity contribution is 7.16. The summed E-state index contributed by atoms with van der Waals surface area (Å²) >= 11 is 7.33. The smallest absolute Gasteiger partial charge is 0.225 e. The molecule has 4 nitrogen and oxygen atoms in total. The number of thiophene rings is 1. The monoisotopic (exact) mass is 286 g/mol. The molecule has 0 bridgehead atoms. The molecule has 0 aromatic carbocycles. The summed E-state index contributed by atoms with van der Waals surface area (Å²) in [5.74, 6) is -0.107. The van der Waals surface area contributed by atoms with Crippen LogP contribution in [0.25, 0.3) is 0 Å². The fourth-order valence-corrected chi connectivity index (χ4v) is 2.98. The van der Waals surface area contributed by atoms with E-state index in [9.17, 15) is 9.59 Å². The van der Waals surface area contributed by atoms with Crippen molar-refractivity contribution in [1.82, 2.24) is 10.6 Å². The van der Waals surface area contributed by atoms with E-state index in [0.29, 0.717) is 19.4 Å². The second kappa shape index (κ2) is 5.71. The van der Waals surface area contributed by atoms with Crippen molar-refractivity contribution in [1.29, 1.82) is 0 Å². The summed E-state index contributed by atoms with van der Waals surface area (Å²) in [5, 5.41) is 5.67. The summed E-state index contributed by atoms with van der Waals surface area (Å²) in [6.07, 6.45) is 1.05. The molecule has 2 unspecified atom stereocenters. The van der Waals surface area contributed by atoms with Gasteiger partial charge in [0.05, 0.1) is 16.3 Å². The lowest BCUT2D eigenvalue weighted by Crippen LogP contribution is -2.43. The van der Waals surface area contributed by atoms with Crippen LogP contribution >= 0.6 is 22.9 Å². The Morgan fingerprint density at radius 3 is 2.94 bits per heavy atom. The number of amides is 2. The highest BCUT2D eigenvalue weighted by Crippen LogP contribution is 2.27. The maximum Gasteiger partial charge on any atom is 0.225 e. The first-order valence-corrected chi connectivity index (χ1v) is 7.08. The maximum atomic E-state index is 12.0.